The summed E-state index contributed by atoms with van der Waals surface area (Å²) in [6.45, 7) is 4.64. The van der Waals surface area contributed by atoms with E-state index in [2.05, 4.69) is 13.8 Å². The van der Waals surface area contributed by atoms with Gasteiger partial charge in [-0.3, -0.25) is 0 Å². The average Bonchev–Trinajstić information content (AvgIpc) is 2.79. The molecule has 0 heteroatoms. The molecule has 0 aromatic heterocycles. The Kier molecular flexibility index (Phi) is 15.4. The molecule has 0 saturated heterocycles. The quantitative estimate of drug-likeness (QED) is 0.206. The van der Waals surface area contributed by atoms with E-state index in [9.17, 15) is 0 Å². The highest BCUT2D eigenvalue weighted by molar-refractivity contribution is 4.82. The van der Waals surface area contributed by atoms with Gasteiger partial charge in [-0.1, -0.05) is 142 Å². The second-order valence-corrected chi connectivity index (χ2v) is 11.4. The van der Waals surface area contributed by atoms with Crippen LogP contribution in [0.15, 0.2) is 0 Å². The molecule has 0 N–H and O–H groups in total. The van der Waals surface area contributed by atoms with Gasteiger partial charge in [-0.15, -0.1) is 0 Å². The predicted octanol–water partition coefficient (Wildman–Crippen LogP) is 10.9. The van der Waals surface area contributed by atoms with E-state index >= 15 is 0 Å². The lowest BCUT2D eigenvalue weighted by atomic mass is 9.68. The van der Waals surface area contributed by atoms with E-state index in [1.165, 1.54) is 89.9 Å². The number of hydrogen-bond acceptors (Lipinski definition) is 0. The fourth-order valence-electron chi connectivity index (χ4n) is 6.68. The van der Waals surface area contributed by atoms with Crippen LogP contribution in [0.5, 0.6) is 0 Å². The Hall–Kier alpha value is 0. The summed E-state index contributed by atoms with van der Waals surface area (Å²) >= 11 is 0. The average molecular weight is 419 g/mol. The van der Waals surface area contributed by atoms with Gasteiger partial charge >= 0.3 is 0 Å². The lowest BCUT2D eigenvalue weighted by Crippen LogP contribution is -2.25. The molecule has 0 amide bonds. The van der Waals surface area contributed by atoms with Gasteiger partial charge in [0.1, 0.15) is 0 Å². The maximum Gasteiger partial charge on any atom is -0.0386 e. The summed E-state index contributed by atoms with van der Waals surface area (Å²) in [5.41, 5.74) is 0. The molecule has 2 aliphatic rings. The summed E-state index contributed by atoms with van der Waals surface area (Å²) in [6.07, 6.45) is 36.3. The lowest BCUT2D eigenvalue weighted by Gasteiger charge is -2.38. The Bertz CT molecular complexity index is 320. The number of rotatable bonds is 17. The summed E-state index contributed by atoms with van der Waals surface area (Å²) in [7, 11) is 0. The normalized spacial score (nSPS) is 27.4. The van der Waals surface area contributed by atoms with Crippen molar-refractivity contribution in [2.24, 2.45) is 23.7 Å². The first kappa shape index (κ1) is 26.3. The molecule has 178 valence electrons. The molecule has 0 bridgehead atoms. The van der Waals surface area contributed by atoms with Crippen LogP contribution in [-0.2, 0) is 0 Å². The molecule has 0 aliphatic heterocycles. The van der Waals surface area contributed by atoms with Crippen LogP contribution in [0.25, 0.3) is 0 Å². The summed E-state index contributed by atoms with van der Waals surface area (Å²) in [4.78, 5) is 0. The third-order valence-electron chi connectivity index (χ3n) is 8.88. The molecule has 30 heavy (non-hydrogen) atoms. The van der Waals surface area contributed by atoms with Gasteiger partial charge in [0.15, 0.2) is 0 Å². The molecule has 2 fully saturated rings. The molecule has 0 spiro atoms. The summed E-state index contributed by atoms with van der Waals surface area (Å²) in [5, 5.41) is 0. The molecule has 2 aliphatic carbocycles. The van der Waals surface area contributed by atoms with Crippen molar-refractivity contribution in [3.63, 3.8) is 0 Å². The Morgan fingerprint density at radius 1 is 0.367 bits per heavy atom. The molecule has 0 heterocycles. The van der Waals surface area contributed by atoms with Crippen LogP contribution < -0.4 is 0 Å². The zero-order chi connectivity index (χ0) is 21.3. The van der Waals surface area contributed by atoms with Gasteiger partial charge in [-0.25, -0.2) is 0 Å². The van der Waals surface area contributed by atoms with Crippen molar-refractivity contribution in [2.75, 3.05) is 0 Å². The first-order valence-corrected chi connectivity index (χ1v) is 14.8. The minimum absolute atomic E-state index is 1.09. The molecule has 0 nitrogen and oxygen atoms in total. The highest BCUT2D eigenvalue weighted by Gasteiger charge is 2.30. The van der Waals surface area contributed by atoms with E-state index < -0.39 is 0 Å². The monoisotopic (exact) mass is 418 g/mol. The van der Waals surface area contributed by atoms with E-state index in [0.29, 0.717) is 0 Å². The molecule has 0 aromatic carbocycles. The molecular weight excluding hydrogens is 360 g/mol. The Balaban J connectivity index is 1.44. The molecule has 0 unspecified atom stereocenters. The Morgan fingerprint density at radius 3 is 1.00 bits per heavy atom. The fraction of sp³-hybridized carbons (Fsp3) is 1.00. The van der Waals surface area contributed by atoms with Crippen molar-refractivity contribution in [2.45, 2.75) is 168 Å². The van der Waals surface area contributed by atoms with Gasteiger partial charge in [0.05, 0.1) is 0 Å². The van der Waals surface area contributed by atoms with Gasteiger partial charge in [0, 0.05) is 0 Å². The first-order chi connectivity index (χ1) is 14.8. The molecule has 2 rings (SSSR count). The van der Waals surface area contributed by atoms with Crippen LogP contribution >= 0.6 is 0 Å². The molecular formula is C30H58. The largest absolute Gasteiger partial charge is 0.0654 e. The second kappa shape index (κ2) is 17.5. The highest BCUT2D eigenvalue weighted by Crippen LogP contribution is 2.43. The first-order valence-electron chi connectivity index (χ1n) is 14.8. The van der Waals surface area contributed by atoms with Crippen LogP contribution in [-0.4, -0.2) is 0 Å². The Morgan fingerprint density at radius 2 is 0.667 bits per heavy atom. The van der Waals surface area contributed by atoms with E-state index in [1.54, 1.807) is 64.2 Å². The SMILES string of the molecule is CCCCCCCCCC1CCC([C@H]2CC[C@H](CCCCCCCCC)CC2)CC1. The molecule has 0 aromatic rings. The predicted molar refractivity (Wildman–Crippen MR) is 136 cm³/mol. The fourth-order valence-corrected chi connectivity index (χ4v) is 6.68. The number of unbranched alkanes of at least 4 members (excludes halogenated alkanes) is 12. The van der Waals surface area contributed by atoms with Crippen molar-refractivity contribution in [3.05, 3.63) is 0 Å². The zero-order valence-corrected chi connectivity index (χ0v) is 21.3. The summed E-state index contributed by atoms with van der Waals surface area (Å²) < 4.78 is 0. The van der Waals surface area contributed by atoms with Gasteiger partial charge in [-0.05, 0) is 49.4 Å². The maximum absolute atomic E-state index is 2.32. The second-order valence-electron chi connectivity index (χ2n) is 11.4. The lowest BCUT2D eigenvalue weighted by molar-refractivity contribution is 0.139. The standard InChI is InChI=1S/C30H58/c1-3-5-7-9-11-13-15-17-27-19-23-29(24-20-27)30-25-21-28(22-26-30)18-16-14-12-10-8-6-4-2/h27-30H,3-26H2,1-2H3/t27-,28?,29-,30?. The number of hydrogen-bond donors (Lipinski definition) is 0. The minimum Gasteiger partial charge on any atom is -0.0654 e. The molecule has 0 atom stereocenters. The van der Waals surface area contributed by atoms with Gasteiger partial charge in [0.25, 0.3) is 0 Å². The van der Waals surface area contributed by atoms with E-state index in [1.807, 2.05) is 0 Å². The smallest absolute Gasteiger partial charge is 0.0386 e. The van der Waals surface area contributed by atoms with Gasteiger partial charge in [0.2, 0.25) is 0 Å². The molecule has 2 saturated carbocycles. The summed E-state index contributed by atoms with van der Waals surface area (Å²) in [6, 6.07) is 0. The Labute approximate surface area is 191 Å². The summed E-state index contributed by atoms with van der Waals surface area (Å²) in [5.74, 6) is 4.39. The van der Waals surface area contributed by atoms with E-state index in [-0.39, 0.29) is 0 Å². The van der Waals surface area contributed by atoms with E-state index in [0.717, 1.165) is 23.7 Å². The highest BCUT2D eigenvalue weighted by atomic mass is 14.4. The minimum atomic E-state index is 1.09. The van der Waals surface area contributed by atoms with Crippen LogP contribution in [0, 0.1) is 23.7 Å². The van der Waals surface area contributed by atoms with Crippen molar-refractivity contribution >= 4 is 0 Å². The maximum atomic E-state index is 2.32. The van der Waals surface area contributed by atoms with Crippen LogP contribution in [0.4, 0.5) is 0 Å². The molecule has 0 radical (unpaired) electrons. The van der Waals surface area contributed by atoms with Crippen molar-refractivity contribution in [3.8, 4) is 0 Å². The van der Waals surface area contributed by atoms with E-state index in [4.69, 9.17) is 0 Å². The van der Waals surface area contributed by atoms with Crippen molar-refractivity contribution in [1.29, 1.82) is 0 Å². The topological polar surface area (TPSA) is 0 Å². The van der Waals surface area contributed by atoms with Crippen LogP contribution in [0.2, 0.25) is 0 Å². The van der Waals surface area contributed by atoms with Crippen LogP contribution in [0.3, 0.4) is 0 Å². The van der Waals surface area contributed by atoms with Gasteiger partial charge < -0.3 is 0 Å². The van der Waals surface area contributed by atoms with Crippen molar-refractivity contribution in [1.82, 2.24) is 0 Å². The third-order valence-corrected chi connectivity index (χ3v) is 8.88. The third kappa shape index (κ3) is 11.6. The van der Waals surface area contributed by atoms with Crippen LogP contribution in [0.1, 0.15) is 168 Å². The van der Waals surface area contributed by atoms with Gasteiger partial charge in [-0.2, -0.15) is 0 Å². The van der Waals surface area contributed by atoms with Crippen molar-refractivity contribution < 1.29 is 0 Å². The zero-order valence-electron chi connectivity index (χ0n) is 21.3.